The van der Waals surface area contributed by atoms with Crippen LogP contribution in [0.25, 0.3) is 0 Å². The topological polar surface area (TPSA) is 47.6 Å². The average molecular weight is 284 g/mol. The maximum absolute atomic E-state index is 14.1. The van der Waals surface area contributed by atoms with E-state index in [0.717, 1.165) is 18.2 Å². The molecular formula is C13H14F2N2OS. The highest BCUT2D eigenvalue weighted by Gasteiger charge is 2.47. The number of amidine groups is 1. The van der Waals surface area contributed by atoms with Gasteiger partial charge in [-0.2, -0.15) is 0 Å². The quantitative estimate of drug-likeness (QED) is 0.860. The number of benzene rings is 1. The summed E-state index contributed by atoms with van der Waals surface area (Å²) in [5.41, 5.74) is 5.38. The third-order valence-electron chi connectivity index (χ3n) is 3.75. The van der Waals surface area contributed by atoms with Gasteiger partial charge in [-0.15, -0.1) is 0 Å². The number of halogens is 2. The van der Waals surface area contributed by atoms with E-state index in [2.05, 4.69) is 4.99 Å². The molecule has 6 heteroatoms. The zero-order valence-electron chi connectivity index (χ0n) is 10.2. The largest absolute Gasteiger partial charge is 0.379 e. The number of ether oxygens (including phenoxy) is 1. The van der Waals surface area contributed by atoms with E-state index in [4.69, 9.17) is 10.5 Å². The van der Waals surface area contributed by atoms with Crippen molar-refractivity contribution >= 4 is 16.9 Å². The van der Waals surface area contributed by atoms with Crippen LogP contribution in [-0.4, -0.2) is 24.1 Å². The van der Waals surface area contributed by atoms with Crippen LogP contribution in [0.5, 0.6) is 0 Å². The maximum atomic E-state index is 14.1. The fraction of sp³-hybridized carbons (Fsp3) is 0.462. The van der Waals surface area contributed by atoms with E-state index >= 15 is 0 Å². The molecule has 0 amide bonds. The van der Waals surface area contributed by atoms with E-state index < -0.39 is 17.2 Å². The van der Waals surface area contributed by atoms with E-state index in [0.29, 0.717) is 23.9 Å². The summed E-state index contributed by atoms with van der Waals surface area (Å²) >= 11 is 1.48. The molecule has 19 heavy (non-hydrogen) atoms. The summed E-state index contributed by atoms with van der Waals surface area (Å²) in [6.07, 6.45) is 0.806. The number of hydrogen-bond donors (Lipinski definition) is 1. The second-order valence-electron chi connectivity index (χ2n) is 4.85. The van der Waals surface area contributed by atoms with E-state index in [1.54, 1.807) is 0 Å². The van der Waals surface area contributed by atoms with Gasteiger partial charge in [0.25, 0.3) is 0 Å². The van der Waals surface area contributed by atoms with Crippen LogP contribution < -0.4 is 5.73 Å². The van der Waals surface area contributed by atoms with Crippen LogP contribution in [0.2, 0.25) is 0 Å². The lowest BCUT2D eigenvalue weighted by molar-refractivity contribution is 0.00297. The van der Waals surface area contributed by atoms with E-state index in [9.17, 15) is 8.78 Å². The Morgan fingerprint density at radius 1 is 1.42 bits per heavy atom. The standard InChI is InChI=1S/C13H14F2N2OS/c14-9-1-2-10(11(15)5-9)13-7-18-4-3-8(13)6-19-12(16)17-13/h1-2,5,8H,3-4,6-7H2,(H2,16,17)/t8-,13-/m1/s1. The Labute approximate surface area is 114 Å². The van der Waals surface area contributed by atoms with E-state index in [-0.39, 0.29) is 5.92 Å². The molecule has 0 bridgehead atoms. The van der Waals surface area contributed by atoms with Crippen molar-refractivity contribution in [3.8, 4) is 0 Å². The third-order valence-corrected chi connectivity index (χ3v) is 4.70. The van der Waals surface area contributed by atoms with E-state index in [1.807, 2.05) is 0 Å². The SMILES string of the molecule is NC1=N[C@]2(c3ccc(F)cc3F)COCC[C@@H]2CS1. The van der Waals surface area contributed by atoms with Crippen LogP contribution >= 0.6 is 11.8 Å². The first-order valence-corrected chi connectivity index (χ1v) is 7.12. The Kier molecular flexibility index (Phi) is 3.22. The molecule has 0 unspecified atom stereocenters. The summed E-state index contributed by atoms with van der Waals surface area (Å²) in [4.78, 5) is 4.47. The third kappa shape index (κ3) is 2.12. The van der Waals surface area contributed by atoms with E-state index in [1.165, 1.54) is 23.9 Å². The number of nitrogens with two attached hydrogens (primary N) is 1. The van der Waals surface area contributed by atoms with Crippen LogP contribution in [0, 0.1) is 17.6 Å². The van der Waals surface area contributed by atoms with Gasteiger partial charge in [-0.25, -0.2) is 13.8 Å². The van der Waals surface area contributed by atoms with Gasteiger partial charge in [-0.3, -0.25) is 0 Å². The zero-order chi connectivity index (χ0) is 13.5. The predicted molar refractivity (Wildman–Crippen MR) is 71.0 cm³/mol. The van der Waals surface area contributed by atoms with Gasteiger partial charge in [0.15, 0.2) is 5.17 Å². The molecule has 0 aliphatic carbocycles. The van der Waals surface area contributed by atoms with Gasteiger partial charge < -0.3 is 10.5 Å². The first kappa shape index (κ1) is 12.9. The molecule has 0 spiro atoms. The molecule has 1 fully saturated rings. The van der Waals surface area contributed by atoms with Crippen LogP contribution in [-0.2, 0) is 10.3 Å². The van der Waals surface area contributed by atoms with Crippen molar-refractivity contribution in [1.29, 1.82) is 0 Å². The van der Waals surface area contributed by atoms with Crippen LogP contribution in [0.4, 0.5) is 8.78 Å². The molecule has 0 saturated carbocycles. The Morgan fingerprint density at radius 3 is 3.05 bits per heavy atom. The number of fused-ring (bicyclic) bond motifs is 1. The fourth-order valence-electron chi connectivity index (χ4n) is 2.77. The summed E-state index contributed by atoms with van der Waals surface area (Å²) < 4.78 is 32.7. The van der Waals surface area contributed by atoms with Crippen molar-refractivity contribution in [2.24, 2.45) is 16.6 Å². The minimum Gasteiger partial charge on any atom is -0.379 e. The van der Waals surface area contributed by atoms with Gasteiger partial charge >= 0.3 is 0 Å². The van der Waals surface area contributed by atoms with Crippen molar-refractivity contribution < 1.29 is 13.5 Å². The molecule has 102 valence electrons. The molecule has 2 aliphatic heterocycles. The van der Waals surface area contributed by atoms with Crippen molar-refractivity contribution in [2.75, 3.05) is 19.0 Å². The molecule has 2 aliphatic rings. The second kappa shape index (κ2) is 4.76. The molecular weight excluding hydrogens is 270 g/mol. The highest BCUT2D eigenvalue weighted by molar-refractivity contribution is 8.13. The first-order valence-electron chi connectivity index (χ1n) is 6.13. The highest BCUT2D eigenvalue weighted by atomic mass is 32.2. The number of rotatable bonds is 1. The monoisotopic (exact) mass is 284 g/mol. The van der Waals surface area contributed by atoms with Gasteiger partial charge in [-0.05, 0) is 12.5 Å². The van der Waals surface area contributed by atoms with Crippen LogP contribution in [0.15, 0.2) is 23.2 Å². The molecule has 3 nitrogen and oxygen atoms in total. The lowest BCUT2D eigenvalue weighted by Crippen LogP contribution is -2.48. The molecule has 1 aromatic rings. The minimum absolute atomic E-state index is 0.165. The predicted octanol–water partition coefficient (Wildman–Crippen LogP) is 2.26. The Hall–Kier alpha value is -1.14. The highest BCUT2D eigenvalue weighted by Crippen LogP contribution is 2.45. The number of nitrogens with zero attached hydrogens (tertiary/aromatic N) is 1. The Morgan fingerprint density at radius 2 is 2.26 bits per heavy atom. The van der Waals surface area contributed by atoms with Crippen molar-refractivity contribution in [1.82, 2.24) is 0 Å². The molecule has 1 saturated heterocycles. The van der Waals surface area contributed by atoms with Gasteiger partial charge in [0, 0.05) is 29.9 Å². The summed E-state index contributed by atoms with van der Waals surface area (Å²) in [7, 11) is 0. The van der Waals surface area contributed by atoms with Crippen molar-refractivity contribution in [3.05, 3.63) is 35.4 Å². The first-order chi connectivity index (χ1) is 9.12. The molecule has 0 aromatic heterocycles. The summed E-state index contributed by atoms with van der Waals surface area (Å²) in [5, 5.41) is 0.436. The van der Waals surface area contributed by atoms with Crippen LogP contribution in [0.3, 0.4) is 0 Å². The Bertz CT molecular complexity index is 537. The normalized spacial score (nSPS) is 30.6. The molecule has 1 aromatic carbocycles. The molecule has 2 heterocycles. The minimum atomic E-state index is -0.800. The van der Waals surface area contributed by atoms with Crippen LogP contribution in [0.1, 0.15) is 12.0 Å². The lowest BCUT2D eigenvalue weighted by Gasteiger charge is -2.43. The fourth-order valence-corrected chi connectivity index (χ4v) is 3.81. The van der Waals surface area contributed by atoms with Gasteiger partial charge in [-0.1, -0.05) is 17.8 Å². The van der Waals surface area contributed by atoms with Crippen molar-refractivity contribution in [3.63, 3.8) is 0 Å². The van der Waals surface area contributed by atoms with Crippen molar-refractivity contribution in [2.45, 2.75) is 12.0 Å². The summed E-state index contributed by atoms with van der Waals surface area (Å²) in [6, 6.07) is 3.61. The molecule has 0 radical (unpaired) electrons. The number of hydrogen-bond acceptors (Lipinski definition) is 4. The zero-order valence-corrected chi connectivity index (χ0v) is 11.1. The lowest BCUT2D eigenvalue weighted by atomic mass is 9.76. The smallest absolute Gasteiger partial charge is 0.154 e. The Balaban J connectivity index is 2.13. The molecule has 2 N–H and O–H groups in total. The summed E-state index contributed by atoms with van der Waals surface area (Å²) in [6.45, 7) is 0.937. The number of aliphatic imine (C=N–C) groups is 1. The van der Waals surface area contributed by atoms with Gasteiger partial charge in [0.2, 0.25) is 0 Å². The second-order valence-corrected chi connectivity index (χ2v) is 5.89. The molecule has 2 atom stereocenters. The summed E-state index contributed by atoms with van der Waals surface area (Å²) in [5.74, 6) is -0.222. The maximum Gasteiger partial charge on any atom is 0.154 e. The van der Waals surface area contributed by atoms with Gasteiger partial charge in [0.05, 0.1) is 6.61 Å². The average Bonchev–Trinajstić information content (AvgIpc) is 2.38. The van der Waals surface area contributed by atoms with Gasteiger partial charge in [0.1, 0.15) is 17.2 Å². The molecule has 3 rings (SSSR count). The number of thioether (sulfide) groups is 1.